The van der Waals surface area contributed by atoms with Crippen molar-refractivity contribution in [1.82, 2.24) is 0 Å². The number of hydrogen-bond donors (Lipinski definition) is 0. The predicted molar refractivity (Wildman–Crippen MR) is 92.0 cm³/mol. The third-order valence-electron chi connectivity index (χ3n) is 3.32. The van der Waals surface area contributed by atoms with Crippen molar-refractivity contribution in [3.8, 4) is 5.75 Å². The lowest BCUT2D eigenvalue weighted by atomic mass is 10.1. The van der Waals surface area contributed by atoms with Crippen LogP contribution in [0, 0.1) is 5.92 Å². The first-order valence-electron chi connectivity index (χ1n) is 8.42. The van der Waals surface area contributed by atoms with Crippen LogP contribution >= 0.6 is 0 Å². The van der Waals surface area contributed by atoms with Gasteiger partial charge in [0.2, 0.25) is 0 Å². The molecular weight excluding hydrogens is 346 g/mol. The van der Waals surface area contributed by atoms with Gasteiger partial charge in [-0.3, -0.25) is 9.59 Å². The third kappa shape index (κ3) is 7.80. The van der Waals surface area contributed by atoms with Crippen LogP contribution in [0.25, 0.3) is 0 Å². The number of hydrogen-bond acceptors (Lipinski definition) is 5. The highest BCUT2D eigenvalue weighted by atomic mass is 19.3. The van der Waals surface area contributed by atoms with E-state index >= 15 is 0 Å². The van der Waals surface area contributed by atoms with Gasteiger partial charge in [0.25, 0.3) is 6.43 Å². The molecule has 0 radical (unpaired) electrons. The zero-order valence-electron chi connectivity index (χ0n) is 15.7. The first kappa shape index (κ1) is 21.9. The second-order valence-corrected chi connectivity index (χ2v) is 7.06. The lowest BCUT2D eigenvalue weighted by molar-refractivity contribution is -0.173. The molecule has 0 aliphatic rings. The Morgan fingerprint density at radius 1 is 1.08 bits per heavy atom. The van der Waals surface area contributed by atoms with E-state index in [-0.39, 0.29) is 6.42 Å². The standard InChI is InChI=1S/C19H26F2O5/c1-12(11-15(22)26-19(3,4)5)18(23)25-16(17(20)21)13(2)24-14-9-7-6-8-10-14/h6-10,12-13,16-17H,11H2,1-5H3/t12-,13+,16+/m1/s1. The molecule has 0 aliphatic heterocycles. The van der Waals surface area contributed by atoms with Crippen LogP contribution in [0.4, 0.5) is 8.78 Å². The molecule has 0 saturated heterocycles. The molecule has 7 heteroatoms. The van der Waals surface area contributed by atoms with Crippen LogP contribution < -0.4 is 4.74 Å². The molecule has 0 N–H and O–H groups in total. The number of rotatable bonds is 8. The average molecular weight is 372 g/mol. The van der Waals surface area contributed by atoms with Crippen molar-refractivity contribution in [3.05, 3.63) is 30.3 Å². The molecule has 0 bridgehead atoms. The SMILES string of the molecule is C[C@H](CC(=O)OC(C)(C)C)C(=O)O[C@H](C(F)F)[C@H](C)Oc1ccccc1. The van der Waals surface area contributed by atoms with Gasteiger partial charge in [-0.1, -0.05) is 25.1 Å². The Hall–Kier alpha value is -2.18. The van der Waals surface area contributed by atoms with Crippen LogP contribution in [0.2, 0.25) is 0 Å². The van der Waals surface area contributed by atoms with Crippen LogP contribution in [-0.2, 0) is 19.1 Å². The van der Waals surface area contributed by atoms with Crippen molar-refractivity contribution >= 4 is 11.9 Å². The molecule has 146 valence electrons. The fourth-order valence-corrected chi connectivity index (χ4v) is 2.10. The van der Waals surface area contributed by atoms with Gasteiger partial charge in [0.1, 0.15) is 17.5 Å². The Kier molecular flexibility index (Phi) is 7.99. The maximum Gasteiger partial charge on any atom is 0.309 e. The number of para-hydroxylation sites is 1. The van der Waals surface area contributed by atoms with Crippen LogP contribution in [0.15, 0.2) is 30.3 Å². The number of alkyl halides is 2. The first-order valence-corrected chi connectivity index (χ1v) is 8.42. The van der Waals surface area contributed by atoms with E-state index in [4.69, 9.17) is 14.2 Å². The molecule has 0 heterocycles. The van der Waals surface area contributed by atoms with E-state index in [0.29, 0.717) is 5.75 Å². The highest BCUT2D eigenvalue weighted by Crippen LogP contribution is 2.20. The van der Waals surface area contributed by atoms with Crippen molar-refractivity contribution < 1.29 is 32.6 Å². The van der Waals surface area contributed by atoms with Crippen LogP contribution in [0.5, 0.6) is 5.75 Å². The Labute approximate surface area is 152 Å². The summed E-state index contributed by atoms with van der Waals surface area (Å²) < 4.78 is 42.1. The van der Waals surface area contributed by atoms with Gasteiger partial charge >= 0.3 is 11.9 Å². The minimum Gasteiger partial charge on any atom is -0.487 e. The largest absolute Gasteiger partial charge is 0.487 e. The first-order chi connectivity index (χ1) is 12.0. The number of halogens is 2. The van der Waals surface area contributed by atoms with Gasteiger partial charge in [-0.05, 0) is 39.8 Å². The number of carbonyl (C=O) groups is 2. The minimum absolute atomic E-state index is 0.250. The number of esters is 2. The molecule has 0 aliphatic carbocycles. The molecule has 5 nitrogen and oxygen atoms in total. The molecule has 0 amide bonds. The number of benzene rings is 1. The zero-order chi connectivity index (χ0) is 19.9. The highest BCUT2D eigenvalue weighted by molar-refractivity contribution is 5.80. The summed E-state index contributed by atoms with van der Waals surface area (Å²) in [5, 5.41) is 0. The number of ether oxygens (including phenoxy) is 3. The van der Waals surface area contributed by atoms with Crippen molar-refractivity contribution in [2.24, 2.45) is 5.92 Å². The fraction of sp³-hybridized carbons (Fsp3) is 0.579. The normalized spacial score (nSPS) is 15.1. The molecule has 3 atom stereocenters. The van der Waals surface area contributed by atoms with E-state index in [1.54, 1.807) is 51.1 Å². The Balaban J connectivity index is 2.65. The lowest BCUT2D eigenvalue weighted by Crippen LogP contribution is -2.40. The molecule has 1 aromatic carbocycles. The molecule has 1 aromatic rings. The summed E-state index contributed by atoms with van der Waals surface area (Å²) in [6, 6.07) is 8.40. The maximum absolute atomic E-state index is 13.3. The monoisotopic (exact) mass is 372 g/mol. The van der Waals surface area contributed by atoms with Gasteiger partial charge in [0.05, 0.1) is 12.3 Å². The molecule has 0 spiro atoms. The Morgan fingerprint density at radius 2 is 1.65 bits per heavy atom. The second-order valence-electron chi connectivity index (χ2n) is 7.06. The quantitative estimate of drug-likeness (QED) is 0.646. The number of carbonyl (C=O) groups excluding carboxylic acids is 2. The van der Waals surface area contributed by atoms with Gasteiger partial charge in [-0.25, -0.2) is 8.78 Å². The highest BCUT2D eigenvalue weighted by Gasteiger charge is 2.34. The van der Waals surface area contributed by atoms with E-state index in [9.17, 15) is 18.4 Å². The van der Waals surface area contributed by atoms with Gasteiger partial charge in [-0.15, -0.1) is 0 Å². The Bertz CT molecular complexity index is 583. The smallest absolute Gasteiger partial charge is 0.309 e. The van der Waals surface area contributed by atoms with E-state index in [1.165, 1.54) is 13.8 Å². The summed E-state index contributed by atoms with van der Waals surface area (Å²) in [6.07, 6.45) is -5.98. The van der Waals surface area contributed by atoms with Crippen molar-refractivity contribution in [3.63, 3.8) is 0 Å². The maximum atomic E-state index is 13.3. The van der Waals surface area contributed by atoms with Crippen LogP contribution in [0.3, 0.4) is 0 Å². The molecule has 0 saturated carbocycles. The van der Waals surface area contributed by atoms with Gasteiger partial charge in [-0.2, -0.15) is 0 Å². The summed E-state index contributed by atoms with van der Waals surface area (Å²) in [5.41, 5.74) is -0.690. The van der Waals surface area contributed by atoms with Gasteiger partial charge < -0.3 is 14.2 Å². The van der Waals surface area contributed by atoms with Crippen molar-refractivity contribution in [2.75, 3.05) is 0 Å². The summed E-state index contributed by atoms with van der Waals surface area (Å²) >= 11 is 0. The van der Waals surface area contributed by atoms with E-state index in [1.807, 2.05) is 0 Å². The molecule has 1 rings (SSSR count). The van der Waals surface area contributed by atoms with E-state index in [0.717, 1.165) is 0 Å². The molecular formula is C19H26F2O5. The summed E-state index contributed by atoms with van der Waals surface area (Å²) in [6.45, 7) is 7.92. The molecule has 0 aromatic heterocycles. The molecule has 0 fully saturated rings. The lowest BCUT2D eigenvalue weighted by Gasteiger charge is -2.26. The summed E-state index contributed by atoms with van der Waals surface area (Å²) in [4.78, 5) is 23.9. The van der Waals surface area contributed by atoms with Gasteiger partial charge in [0.15, 0.2) is 6.10 Å². The molecule has 26 heavy (non-hydrogen) atoms. The fourth-order valence-electron chi connectivity index (χ4n) is 2.10. The zero-order valence-corrected chi connectivity index (χ0v) is 15.7. The molecule has 0 unspecified atom stereocenters. The van der Waals surface area contributed by atoms with Crippen molar-refractivity contribution in [1.29, 1.82) is 0 Å². The van der Waals surface area contributed by atoms with Crippen LogP contribution in [-0.4, -0.2) is 36.2 Å². The van der Waals surface area contributed by atoms with Crippen LogP contribution in [0.1, 0.15) is 41.0 Å². The Morgan fingerprint density at radius 3 is 2.15 bits per heavy atom. The third-order valence-corrected chi connectivity index (χ3v) is 3.32. The summed E-state index contributed by atoms with van der Waals surface area (Å²) in [7, 11) is 0. The van der Waals surface area contributed by atoms with E-state index < -0.39 is 42.1 Å². The summed E-state index contributed by atoms with van der Waals surface area (Å²) in [5.74, 6) is -2.01. The van der Waals surface area contributed by atoms with Gasteiger partial charge in [0, 0.05) is 0 Å². The predicted octanol–water partition coefficient (Wildman–Crippen LogP) is 4.00. The minimum atomic E-state index is -2.92. The second kappa shape index (κ2) is 9.50. The average Bonchev–Trinajstić information content (AvgIpc) is 2.50. The van der Waals surface area contributed by atoms with Crippen molar-refractivity contribution in [2.45, 2.75) is 65.3 Å². The topological polar surface area (TPSA) is 61.8 Å². The van der Waals surface area contributed by atoms with E-state index in [2.05, 4.69) is 0 Å².